The molecule has 3 aromatic rings. The first-order chi connectivity index (χ1) is 9.72. The van der Waals surface area contributed by atoms with Gasteiger partial charge in [-0.2, -0.15) is 0 Å². The standard InChI is InChI=1S/C17H14N2O/c1-12(20)13-6-8-15(9-7-13)19-16-10-14-4-2-3-5-17(14)18-11-16/h2-11,19H,1H3. The van der Waals surface area contributed by atoms with Gasteiger partial charge in [-0.3, -0.25) is 9.78 Å². The number of ketones is 1. The molecule has 0 bridgehead atoms. The van der Waals surface area contributed by atoms with Gasteiger partial charge in [0.15, 0.2) is 5.78 Å². The van der Waals surface area contributed by atoms with Crippen LogP contribution >= 0.6 is 0 Å². The van der Waals surface area contributed by atoms with Crippen LogP contribution < -0.4 is 5.32 Å². The van der Waals surface area contributed by atoms with Crippen molar-refractivity contribution in [1.82, 2.24) is 4.98 Å². The summed E-state index contributed by atoms with van der Waals surface area (Å²) in [5.41, 5.74) is 3.56. The van der Waals surface area contributed by atoms with Gasteiger partial charge in [0.2, 0.25) is 0 Å². The molecule has 0 unspecified atom stereocenters. The molecule has 0 amide bonds. The molecule has 1 N–H and O–H groups in total. The van der Waals surface area contributed by atoms with E-state index in [1.807, 2.05) is 48.5 Å². The molecule has 0 aliphatic heterocycles. The molecule has 0 spiro atoms. The fourth-order valence-corrected chi connectivity index (χ4v) is 2.09. The zero-order chi connectivity index (χ0) is 13.9. The first-order valence-electron chi connectivity index (χ1n) is 6.45. The normalized spacial score (nSPS) is 10.4. The molecule has 0 saturated heterocycles. The van der Waals surface area contributed by atoms with E-state index in [0.29, 0.717) is 5.56 Å². The van der Waals surface area contributed by atoms with Crippen molar-refractivity contribution in [2.75, 3.05) is 5.32 Å². The molecule has 3 rings (SSSR count). The van der Waals surface area contributed by atoms with Crippen LogP contribution in [0.15, 0.2) is 60.8 Å². The number of hydrogen-bond acceptors (Lipinski definition) is 3. The number of hydrogen-bond donors (Lipinski definition) is 1. The maximum atomic E-state index is 11.2. The molecular weight excluding hydrogens is 248 g/mol. The Morgan fingerprint density at radius 1 is 1.00 bits per heavy atom. The summed E-state index contributed by atoms with van der Waals surface area (Å²) in [6.07, 6.45) is 1.81. The molecule has 0 radical (unpaired) electrons. The van der Waals surface area contributed by atoms with E-state index < -0.39 is 0 Å². The van der Waals surface area contributed by atoms with E-state index in [1.165, 1.54) is 0 Å². The third-order valence-electron chi connectivity index (χ3n) is 3.17. The zero-order valence-corrected chi connectivity index (χ0v) is 11.1. The van der Waals surface area contributed by atoms with Crippen molar-refractivity contribution < 1.29 is 4.79 Å². The molecule has 0 aliphatic rings. The van der Waals surface area contributed by atoms with Gasteiger partial charge in [-0.05, 0) is 43.3 Å². The molecule has 1 aromatic heterocycles. The van der Waals surface area contributed by atoms with Gasteiger partial charge < -0.3 is 5.32 Å². The average Bonchev–Trinajstić information content (AvgIpc) is 2.48. The van der Waals surface area contributed by atoms with Gasteiger partial charge in [0.05, 0.1) is 17.4 Å². The van der Waals surface area contributed by atoms with Crippen molar-refractivity contribution in [3.63, 3.8) is 0 Å². The number of carbonyl (C=O) groups is 1. The highest BCUT2D eigenvalue weighted by atomic mass is 16.1. The number of nitrogens with one attached hydrogen (secondary N) is 1. The minimum atomic E-state index is 0.0731. The summed E-state index contributed by atoms with van der Waals surface area (Å²) in [5.74, 6) is 0.0731. The van der Waals surface area contributed by atoms with Crippen LogP contribution in [0.3, 0.4) is 0 Å². The van der Waals surface area contributed by atoms with Gasteiger partial charge in [0.25, 0.3) is 0 Å². The van der Waals surface area contributed by atoms with Crippen molar-refractivity contribution in [2.24, 2.45) is 0 Å². The van der Waals surface area contributed by atoms with Crippen LogP contribution in [0.1, 0.15) is 17.3 Å². The lowest BCUT2D eigenvalue weighted by atomic mass is 10.1. The molecular formula is C17H14N2O. The summed E-state index contributed by atoms with van der Waals surface area (Å²) in [4.78, 5) is 15.6. The highest BCUT2D eigenvalue weighted by Crippen LogP contribution is 2.20. The third kappa shape index (κ3) is 2.52. The van der Waals surface area contributed by atoms with Crippen LogP contribution in [0.4, 0.5) is 11.4 Å². The zero-order valence-electron chi connectivity index (χ0n) is 11.1. The van der Waals surface area contributed by atoms with Gasteiger partial charge in [-0.15, -0.1) is 0 Å². The summed E-state index contributed by atoms with van der Waals surface area (Å²) >= 11 is 0. The van der Waals surface area contributed by atoms with Crippen LogP contribution in [-0.2, 0) is 0 Å². The molecule has 0 aliphatic carbocycles. The number of carbonyl (C=O) groups excluding carboxylic acids is 1. The van der Waals surface area contributed by atoms with Crippen LogP contribution in [0.5, 0.6) is 0 Å². The number of rotatable bonds is 3. The summed E-state index contributed by atoms with van der Waals surface area (Å²) < 4.78 is 0. The largest absolute Gasteiger partial charge is 0.354 e. The lowest BCUT2D eigenvalue weighted by Gasteiger charge is -2.07. The predicted octanol–water partition coefficient (Wildman–Crippen LogP) is 4.18. The first kappa shape index (κ1) is 12.4. The summed E-state index contributed by atoms with van der Waals surface area (Å²) in [5, 5.41) is 4.38. The number of benzene rings is 2. The molecule has 3 heteroatoms. The van der Waals surface area contributed by atoms with Crippen LogP contribution in [0.2, 0.25) is 0 Å². The quantitative estimate of drug-likeness (QED) is 0.720. The lowest BCUT2D eigenvalue weighted by Crippen LogP contribution is -1.94. The minimum Gasteiger partial charge on any atom is -0.354 e. The molecule has 0 fully saturated rings. The maximum absolute atomic E-state index is 11.2. The second kappa shape index (κ2) is 5.13. The van der Waals surface area contributed by atoms with E-state index in [-0.39, 0.29) is 5.78 Å². The molecule has 98 valence electrons. The Kier molecular flexibility index (Phi) is 3.17. The SMILES string of the molecule is CC(=O)c1ccc(Nc2cnc3ccccc3c2)cc1. The Morgan fingerprint density at radius 3 is 2.50 bits per heavy atom. The minimum absolute atomic E-state index is 0.0731. The number of anilines is 2. The predicted molar refractivity (Wildman–Crippen MR) is 81.5 cm³/mol. The van der Waals surface area contributed by atoms with Gasteiger partial charge >= 0.3 is 0 Å². The number of Topliss-reactive ketones (excluding diaryl/α,β-unsaturated/α-hetero) is 1. The van der Waals surface area contributed by atoms with Crippen molar-refractivity contribution >= 4 is 28.1 Å². The summed E-state index contributed by atoms with van der Waals surface area (Å²) in [6, 6.07) is 17.5. The topological polar surface area (TPSA) is 42.0 Å². The van der Waals surface area contributed by atoms with Gasteiger partial charge in [0, 0.05) is 16.6 Å². The Hall–Kier alpha value is -2.68. The molecule has 0 atom stereocenters. The number of aromatic nitrogens is 1. The fraction of sp³-hybridized carbons (Fsp3) is 0.0588. The van der Waals surface area contributed by atoms with E-state index in [2.05, 4.69) is 16.4 Å². The molecule has 2 aromatic carbocycles. The Bertz CT molecular complexity index is 763. The van der Waals surface area contributed by atoms with Gasteiger partial charge in [0.1, 0.15) is 0 Å². The number of para-hydroxylation sites is 1. The second-order valence-electron chi connectivity index (χ2n) is 4.68. The van der Waals surface area contributed by atoms with Crippen LogP contribution in [0.25, 0.3) is 10.9 Å². The van der Waals surface area contributed by atoms with Crippen molar-refractivity contribution in [2.45, 2.75) is 6.92 Å². The van der Waals surface area contributed by atoms with Crippen molar-refractivity contribution in [1.29, 1.82) is 0 Å². The molecule has 1 heterocycles. The van der Waals surface area contributed by atoms with E-state index in [4.69, 9.17) is 0 Å². The first-order valence-corrected chi connectivity index (χ1v) is 6.45. The van der Waals surface area contributed by atoms with E-state index >= 15 is 0 Å². The van der Waals surface area contributed by atoms with Gasteiger partial charge in [-0.25, -0.2) is 0 Å². The molecule has 3 nitrogen and oxygen atoms in total. The monoisotopic (exact) mass is 262 g/mol. The average molecular weight is 262 g/mol. The summed E-state index contributed by atoms with van der Waals surface area (Å²) in [6.45, 7) is 1.57. The summed E-state index contributed by atoms with van der Waals surface area (Å²) in [7, 11) is 0. The van der Waals surface area contributed by atoms with Crippen molar-refractivity contribution in [3.05, 3.63) is 66.4 Å². The smallest absolute Gasteiger partial charge is 0.159 e. The highest BCUT2D eigenvalue weighted by molar-refractivity contribution is 5.94. The third-order valence-corrected chi connectivity index (χ3v) is 3.17. The Balaban J connectivity index is 1.87. The lowest BCUT2D eigenvalue weighted by molar-refractivity contribution is 0.101. The maximum Gasteiger partial charge on any atom is 0.159 e. The highest BCUT2D eigenvalue weighted by Gasteiger charge is 2.01. The Labute approximate surface area is 117 Å². The van der Waals surface area contributed by atoms with Crippen LogP contribution in [0, 0.1) is 0 Å². The van der Waals surface area contributed by atoms with Gasteiger partial charge in [-0.1, -0.05) is 18.2 Å². The molecule has 0 saturated carbocycles. The van der Waals surface area contributed by atoms with E-state index in [1.54, 1.807) is 13.1 Å². The fourth-order valence-electron chi connectivity index (χ4n) is 2.09. The second-order valence-corrected chi connectivity index (χ2v) is 4.68. The van der Waals surface area contributed by atoms with Crippen molar-refractivity contribution in [3.8, 4) is 0 Å². The number of fused-ring (bicyclic) bond motifs is 1. The van der Waals surface area contributed by atoms with E-state index in [9.17, 15) is 4.79 Å². The van der Waals surface area contributed by atoms with Crippen LogP contribution in [-0.4, -0.2) is 10.8 Å². The number of nitrogens with zero attached hydrogens (tertiary/aromatic N) is 1. The number of pyridine rings is 1. The molecule has 20 heavy (non-hydrogen) atoms. The Morgan fingerprint density at radius 2 is 1.75 bits per heavy atom. The van der Waals surface area contributed by atoms with E-state index in [0.717, 1.165) is 22.3 Å².